The topological polar surface area (TPSA) is 86.7 Å². The molecule has 134 valence electrons. The number of nitrogens with one attached hydrogen (secondary N) is 1. The second-order valence-corrected chi connectivity index (χ2v) is 7.29. The second-order valence-electron chi connectivity index (χ2n) is 5.56. The Hall–Kier alpha value is -1.81. The molecule has 24 heavy (non-hydrogen) atoms. The van der Waals surface area contributed by atoms with Gasteiger partial charge in [0.15, 0.2) is 0 Å². The van der Waals surface area contributed by atoms with Crippen molar-refractivity contribution in [2.24, 2.45) is 5.92 Å². The van der Waals surface area contributed by atoms with Gasteiger partial charge in [0.25, 0.3) is 0 Å². The van der Waals surface area contributed by atoms with Crippen LogP contribution >= 0.6 is 0 Å². The maximum absolute atomic E-state index is 12.9. The molecule has 1 aliphatic heterocycles. The summed E-state index contributed by atoms with van der Waals surface area (Å²) in [5, 5.41) is 8.85. The van der Waals surface area contributed by atoms with Gasteiger partial charge in [0.2, 0.25) is 10.0 Å². The van der Waals surface area contributed by atoms with Crippen molar-refractivity contribution in [3.63, 3.8) is 0 Å². The molecule has 1 fully saturated rings. The van der Waals surface area contributed by atoms with Gasteiger partial charge >= 0.3 is 12.3 Å². The third-order valence-corrected chi connectivity index (χ3v) is 5.41. The summed E-state index contributed by atoms with van der Waals surface area (Å²) in [7, 11) is -4.30. The Morgan fingerprint density at radius 1 is 1.25 bits per heavy atom. The van der Waals surface area contributed by atoms with Crippen LogP contribution in [0.15, 0.2) is 29.2 Å². The van der Waals surface area contributed by atoms with Gasteiger partial charge in [-0.3, -0.25) is 0 Å². The average molecular weight is 366 g/mol. The summed E-state index contributed by atoms with van der Waals surface area (Å²) < 4.78 is 65.4. The number of amides is 1. The van der Waals surface area contributed by atoms with Crippen molar-refractivity contribution >= 4 is 16.1 Å². The number of carboxylic acid groups (broad SMARTS) is 1. The maximum Gasteiger partial charge on any atom is 0.417 e. The molecule has 1 saturated heterocycles. The van der Waals surface area contributed by atoms with E-state index in [1.807, 2.05) is 0 Å². The first kappa shape index (κ1) is 18.5. The van der Waals surface area contributed by atoms with Crippen LogP contribution in [0.1, 0.15) is 18.4 Å². The van der Waals surface area contributed by atoms with Crippen molar-refractivity contribution in [1.29, 1.82) is 0 Å². The third-order valence-electron chi connectivity index (χ3n) is 3.93. The first-order valence-corrected chi connectivity index (χ1v) is 8.73. The molecule has 0 unspecified atom stereocenters. The number of hydrogen-bond donors (Lipinski definition) is 2. The maximum atomic E-state index is 12.9. The van der Waals surface area contributed by atoms with E-state index in [-0.39, 0.29) is 25.6 Å². The van der Waals surface area contributed by atoms with Crippen molar-refractivity contribution in [3.05, 3.63) is 29.8 Å². The Morgan fingerprint density at radius 2 is 1.83 bits per heavy atom. The van der Waals surface area contributed by atoms with E-state index >= 15 is 0 Å². The molecule has 0 radical (unpaired) electrons. The van der Waals surface area contributed by atoms with Gasteiger partial charge < -0.3 is 10.0 Å². The number of piperidine rings is 1. The van der Waals surface area contributed by atoms with Gasteiger partial charge in [-0.2, -0.15) is 13.2 Å². The fourth-order valence-electron chi connectivity index (χ4n) is 2.57. The van der Waals surface area contributed by atoms with Crippen molar-refractivity contribution in [2.75, 3.05) is 19.6 Å². The Morgan fingerprint density at radius 3 is 2.38 bits per heavy atom. The predicted molar refractivity (Wildman–Crippen MR) is 79.0 cm³/mol. The summed E-state index contributed by atoms with van der Waals surface area (Å²) in [4.78, 5) is 11.2. The molecular formula is C14H17F3N2O4S. The summed E-state index contributed by atoms with van der Waals surface area (Å²) >= 11 is 0. The van der Waals surface area contributed by atoms with Gasteiger partial charge in [0.1, 0.15) is 0 Å². The molecule has 1 amide bonds. The van der Waals surface area contributed by atoms with E-state index in [0.29, 0.717) is 12.8 Å². The van der Waals surface area contributed by atoms with Crippen LogP contribution in [0.5, 0.6) is 0 Å². The SMILES string of the molecule is O=C(O)N1CCC(CNS(=O)(=O)c2ccccc2C(F)(F)F)CC1. The Balaban J connectivity index is 2.04. The standard InChI is InChI=1S/C14H17F3N2O4S/c15-14(16,17)11-3-1-2-4-12(11)24(22,23)18-9-10-5-7-19(8-6-10)13(20)21/h1-4,10,18H,5-9H2,(H,20,21). The molecule has 0 saturated carbocycles. The van der Waals surface area contributed by atoms with Crippen molar-refractivity contribution in [1.82, 2.24) is 9.62 Å². The Bertz CT molecular complexity index is 698. The number of likely N-dealkylation sites (tertiary alicyclic amines) is 1. The molecule has 1 aromatic carbocycles. The van der Waals surface area contributed by atoms with E-state index in [1.54, 1.807) is 0 Å². The Labute approximate surface area is 137 Å². The Kier molecular flexibility index (Phi) is 5.38. The highest BCUT2D eigenvalue weighted by molar-refractivity contribution is 7.89. The van der Waals surface area contributed by atoms with Crippen LogP contribution in [-0.4, -0.2) is 44.2 Å². The van der Waals surface area contributed by atoms with Crippen LogP contribution in [-0.2, 0) is 16.2 Å². The predicted octanol–water partition coefficient (Wildman–Crippen LogP) is 2.37. The number of nitrogens with zero attached hydrogens (tertiary/aromatic N) is 1. The van der Waals surface area contributed by atoms with Crippen LogP contribution in [0.3, 0.4) is 0 Å². The molecule has 0 bridgehead atoms. The lowest BCUT2D eigenvalue weighted by Gasteiger charge is -2.30. The van der Waals surface area contributed by atoms with Crippen LogP contribution in [0, 0.1) is 5.92 Å². The molecule has 2 N–H and O–H groups in total. The first-order chi connectivity index (χ1) is 11.1. The first-order valence-electron chi connectivity index (χ1n) is 7.25. The monoisotopic (exact) mass is 366 g/mol. The number of hydrogen-bond acceptors (Lipinski definition) is 3. The van der Waals surface area contributed by atoms with Crippen molar-refractivity contribution in [3.8, 4) is 0 Å². The van der Waals surface area contributed by atoms with E-state index in [1.165, 1.54) is 11.0 Å². The fourth-order valence-corrected chi connectivity index (χ4v) is 3.91. The second kappa shape index (κ2) is 6.98. The van der Waals surface area contributed by atoms with Crippen LogP contribution in [0.2, 0.25) is 0 Å². The molecule has 0 atom stereocenters. The number of rotatable bonds is 4. The molecule has 10 heteroatoms. The van der Waals surface area contributed by atoms with E-state index < -0.39 is 32.8 Å². The molecule has 0 aromatic heterocycles. The van der Waals surface area contributed by atoms with Gasteiger partial charge in [0.05, 0.1) is 10.5 Å². The van der Waals surface area contributed by atoms with E-state index in [2.05, 4.69) is 4.72 Å². The van der Waals surface area contributed by atoms with Crippen molar-refractivity contribution < 1.29 is 31.5 Å². The van der Waals surface area contributed by atoms with Gasteiger partial charge in [-0.1, -0.05) is 12.1 Å². The molecule has 6 nitrogen and oxygen atoms in total. The minimum atomic E-state index is -4.77. The van der Waals surface area contributed by atoms with E-state index in [9.17, 15) is 26.4 Å². The summed E-state index contributed by atoms with van der Waals surface area (Å²) in [6.45, 7) is 0.531. The van der Waals surface area contributed by atoms with E-state index in [0.717, 1.165) is 18.2 Å². The fraction of sp³-hybridized carbons (Fsp3) is 0.500. The zero-order valence-electron chi connectivity index (χ0n) is 12.6. The van der Waals surface area contributed by atoms with Crippen molar-refractivity contribution in [2.45, 2.75) is 23.9 Å². The van der Waals surface area contributed by atoms with E-state index in [4.69, 9.17) is 5.11 Å². The smallest absolute Gasteiger partial charge is 0.417 e. The highest BCUT2D eigenvalue weighted by Gasteiger charge is 2.37. The quantitative estimate of drug-likeness (QED) is 0.857. The zero-order chi connectivity index (χ0) is 18.0. The minimum Gasteiger partial charge on any atom is -0.465 e. The molecule has 1 heterocycles. The lowest BCUT2D eigenvalue weighted by atomic mass is 9.97. The summed E-state index contributed by atoms with van der Waals surface area (Å²) in [5.74, 6) is -0.117. The number of alkyl halides is 3. The minimum absolute atomic E-state index is 0.0258. The normalized spacial score (nSPS) is 17.0. The largest absolute Gasteiger partial charge is 0.465 e. The summed E-state index contributed by atoms with van der Waals surface area (Å²) in [6, 6.07) is 4.00. The summed E-state index contributed by atoms with van der Waals surface area (Å²) in [5.41, 5.74) is -1.21. The zero-order valence-corrected chi connectivity index (χ0v) is 13.4. The number of benzene rings is 1. The van der Waals surface area contributed by atoms with Gasteiger partial charge in [-0.25, -0.2) is 17.9 Å². The van der Waals surface area contributed by atoms with Crippen LogP contribution in [0.4, 0.5) is 18.0 Å². The highest BCUT2D eigenvalue weighted by atomic mass is 32.2. The molecule has 2 rings (SSSR count). The number of carbonyl (C=O) groups is 1. The molecule has 0 spiro atoms. The van der Waals surface area contributed by atoms with Crippen LogP contribution < -0.4 is 4.72 Å². The molecule has 1 aromatic rings. The lowest BCUT2D eigenvalue weighted by molar-refractivity contribution is -0.139. The molecule has 0 aliphatic carbocycles. The van der Waals surface area contributed by atoms with Gasteiger partial charge in [0, 0.05) is 19.6 Å². The van der Waals surface area contributed by atoms with Gasteiger partial charge in [-0.05, 0) is 30.9 Å². The molecular weight excluding hydrogens is 349 g/mol. The number of sulfonamides is 1. The number of halogens is 3. The summed E-state index contributed by atoms with van der Waals surface area (Å²) in [6.07, 6.45) is -4.89. The van der Waals surface area contributed by atoms with Crippen LogP contribution in [0.25, 0.3) is 0 Å². The highest BCUT2D eigenvalue weighted by Crippen LogP contribution is 2.33. The molecule has 1 aliphatic rings. The van der Waals surface area contributed by atoms with Gasteiger partial charge in [-0.15, -0.1) is 0 Å². The average Bonchev–Trinajstić information content (AvgIpc) is 2.52. The third kappa shape index (κ3) is 4.38. The lowest BCUT2D eigenvalue weighted by Crippen LogP contribution is -2.41.